The highest BCUT2D eigenvalue weighted by molar-refractivity contribution is 5.90. The minimum atomic E-state index is -0.751. The Morgan fingerprint density at radius 3 is 2.41 bits per heavy atom. The zero-order chi connectivity index (χ0) is 24.0. The Kier molecular flexibility index (Phi) is 10.2. The maximum atomic E-state index is 11.6. The first-order chi connectivity index (χ1) is 16.7. The molecule has 0 aliphatic carbocycles. The van der Waals surface area contributed by atoms with Crippen molar-refractivity contribution in [3.05, 3.63) is 54.1 Å². The van der Waals surface area contributed by atoms with Crippen LogP contribution in [0.15, 0.2) is 48.5 Å². The molecule has 10 heteroatoms. The second-order valence-corrected chi connectivity index (χ2v) is 7.09. The van der Waals surface area contributed by atoms with Crippen molar-refractivity contribution in [1.82, 2.24) is 9.97 Å². The summed E-state index contributed by atoms with van der Waals surface area (Å²) < 4.78 is 25.3. The van der Waals surface area contributed by atoms with Crippen LogP contribution in [-0.2, 0) is 25.5 Å². The van der Waals surface area contributed by atoms with Crippen LogP contribution in [0.25, 0.3) is 10.9 Å². The van der Waals surface area contributed by atoms with Crippen molar-refractivity contribution in [2.75, 3.05) is 64.4 Å². The van der Waals surface area contributed by atoms with Gasteiger partial charge in [-0.15, -0.1) is 0 Å². The third-order valence-electron chi connectivity index (χ3n) is 4.71. The van der Waals surface area contributed by atoms with Gasteiger partial charge in [0.2, 0.25) is 5.95 Å². The predicted octanol–water partition coefficient (Wildman–Crippen LogP) is 3.48. The molecule has 0 saturated heterocycles. The molecule has 0 saturated carbocycles. The van der Waals surface area contributed by atoms with Gasteiger partial charge >= 0.3 is 6.16 Å². The standard InChI is InChI=1S/C24H30N4O6/c1-30-13-14-32-15-16-34-24(29)33-12-11-25-23-27-21-6-4-3-5-20(21)22(28-23)26-17-18-7-9-19(31-2)10-8-18/h3-10H,11-17H2,1-2H3,(H2,25,26,27,28). The molecule has 0 atom stereocenters. The Morgan fingerprint density at radius 1 is 0.853 bits per heavy atom. The lowest BCUT2D eigenvalue weighted by Gasteiger charge is -2.12. The molecule has 3 rings (SSSR count). The van der Waals surface area contributed by atoms with E-state index in [1.54, 1.807) is 14.2 Å². The van der Waals surface area contributed by atoms with E-state index in [-0.39, 0.29) is 19.8 Å². The number of carbonyl (C=O) groups is 1. The van der Waals surface area contributed by atoms with Crippen LogP contribution in [0.5, 0.6) is 5.75 Å². The minimum absolute atomic E-state index is 0.105. The van der Waals surface area contributed by atoms with Gasteiger partial charge in [0.25, 0.3) is 0 Å². The van der Waals surface area contributed by atoms with Crippen molar-refractivity contribution in [1.29, 1.82) is 0 Å². The number of methoxy groups -OCH3 is 2. The number of fused-ring (bicyclic) bond motifs is 1. The van der Waals surface area contributed by atoms with Gasteiger partial charge in [0, 0.05) is 19.0 Å². The second kappa shape index (κ2) is 13.8. The molecule has 0 bridgehead atoms. The zero-order valence-electron chi connectivity index (χ0n) is 19.4. The van der Waals surface area contributed by atoms with Gasteiger partial charge in [0.05, 0.1) is 39.0 Å². The summed E-state index contributed by atoms with van der Waals surface area (Å²) in [6.07, 6.45) is -0.751. The molecule has 0 radical (unpaired) electrons. The predicted molar refractivity (Wildman–Crippen MR) is 128 cm³/mol. The molecule has 3 aromatic rings. The molecule has 2 aromatic carbocycles. The molecule has 0 amide bonds. The number of hydrogen-bond acceptors (Lipinski definition) is 10. The fraction of sp³-hybridized carbons (Fsp3) is 0.375. The first kappa shape index (κ1) is 25.0. The Balaban J connectivity index is 1.48. The van der Waals surface area contributed by atoms with E-state index in [9.17, 15) is 4.79 Å². The van der Waals surface area contributed by atoms with Gasteiger partial charge < -0.3 is 34.3 Å². The van der Waals surface area contributed by atoms with Crippen LogP contribution < -0.4 is 15.4 Å². The summed E-state index contributed by atoms with van der Waals surface area (Å²) in [6, 6.07) is 15.6. The van der Waals surface area contributed by atoms with Crippen LogP contribution in [0.2, 0.25) is 0 Å². The summed E-state index contributed by atoms with van der Waals surface area (Å²) in [6.45, 7) is 2.37. The largest absolute Gasteiger partial charge is 0.508 e. The lowest BCUT2D eigenvalue weighted by molar-refractivity contribution is 0.0168. The van der Waals surface area contributed by atoms with Crippen molar-refractivity contribution < 1.29 is 28.5 Å². The number of aromatic nitrogens is 2. The van der Waals surface area contributed by atoms with Crippen LogP contribution in [0.3, 0.4) is 0 Å². The molecule has 0 unspecified atom stereocenters. The molecular formula is C24H30N4O6. The molecule has 2 N–H and O–H groups in total. The number of nitrogens with zero attached hydrogens (tertiary/aromatic N) is 2. The van der Waals surface area contributed by atoms with Crippen molar-refractivity contribution in [2.45, 2.75) is 6.54 Å². The van der Waals surface area contributed by atoms with E-state index < -0.39 is 6.16 Å². The number of para-hydroxylation sites is 1. The summed E-state index contributed by atoms with van der Waals surface area (Å²) in [7, 11) is 3.23. The Labute approximate surface area is 198 Å². The molecule has 10 nitrogen and oxygen atoms in total. The van der Waals surface area contributed by atoms with Crippen LogP contribution >= 0.6 is 0 Å². The first-order valence-electron chi connectivity index (χ1n) is 10.9. The molecule has 1 aromatic heterocycles. The first-order valence-corrected chi connectivity index (χ1v) is 10.9. The van der Waals surface area contributed by atoms with Crippen molar-refractivity contribution in [3.8, 4) is 5.75 Å². The molecule has 34 heavy (non-hydrogen) atoms. The highest BCUT2D eigenvalue weighted by Crippen LogP contribution is 2.22. The molecule has 182 valence electrons. The summed E-state index contributed by atoms with van der Waals surface area (Å²) in [4.78, 5) is 20.8. The maximum Gasteiger partial charge on any atom is 0.508 e. The van der Waals surface area contributed by atoms with E-state index in [1.807, 2.05) is 48.5 Å². The van der Waals surface area contributed by atoms with Crippen LogP contribution in [0, 0.1) is 0 Å². The van der Waals surface area contributed by atoms with Crippen LogP contribution in [0.4, 0.5) is 16.6 Å². The van der Waals surface area contributed by atoms with Gasteiger partial charge in [0.15, 0.2) is 0 Å². The SMILES string of the molecule is COCCOCCOC(=O)OCCNc1nc(NCc2ccc(OC)cc2)c2ccccc2n1. The smallest absolute Gasteiger partial charge is 0.497 e. The third kappa shape index (κ3) is 8.05. The van der Waals surface area contributed by atoms with Gasteiger partial charge in [-0.1, -0.05) is 24.3 Å². The van der Waals surface area contributed by atoms with Gasteiger partial charge in [-0.05, 0) is 29.8 Å². The van der Waals surface area contributed by atoms with E-state index in [0.29, 0.717) is 38.1 Å². The van der Waals surface area contributed by atoms with Gasteiger partial charge in [-0.2, -0.15) is 4.98 Å². The average Bonchev–Trinajstić information content (AvgIpc) is 2.87. The van der Waals surface area contributed by atoms with E-state index in [4.69, 9.17) is 23.7 Å². The van der Waals surface area contributed by atoms with E-state index in [2.05, 4.69) is 20.6 Å². The maximum absolute atomic E-state index is 11.6. The zero-order valence-corrected chi connectivity index (χ0v) is 19.4. The van der Waals surface area contributed by atoms with Gasteiger partial charge in [-0.25, -0.2) is 9.78 Å². The number of anilines is 2. The quantitative estimate of drug-likeness (QED) is 0.268. The van der Waals surface area contributed by atoms with E-state index in [0.717, 1.165) is 22.2 Å². The van der Waals surface area contributed by atoms with E-state index >= 15 is 0 Å². The molecule has 0 spiro atoms. The molecule has 1 heterocycles. The Bertz CT molecular complexity index is 1030. The number of hydrogen-bond donors (Lipinski definition) is 2. The fourth-order valence-corrected chi connectivity index (χ4v) is 2.99. The summed E-state index contributed by atoms with van der Waals surface area (Å²) in [5.74, 6) is 1.95. The van der Waals surface area contributed by atoms with Gasteiger partial charge in [0.1, 0.15) is 24.8 Å². The van der Waals surface area contributed by atoms with Gasteiger partial charge in [-0.3, -0.25) is 0 Å². The molecule has 0 aliphatic heterocycles. The Hall–Kier alpha value is -3.63. The van der Waals surface area contributed by atoms with Crippen molar-refractivity contribution >= 4 is 28.8 Å². The normalized spacial score (nSPS) is 10.6. The highest BCUT2D eigenvalue weighted by atomic mass is 16.7. The third-order valence-corrected chi connectivity index (χ3v) is 4.71. The lowest BCUT2D eigenvalue weighted by Crippen LogP contribution is -2.18. The monoisotopic (exact) mass is 470 g/mol. The number of ether oxygens (including phenoxy) is 5. The topological polar surface area (TPSA) is 113 Å². The van der Waals surface area contributed by atoms with Crippen molar-refractivity contribution in [2.24, 2.45) is 0 Å². The number of rotatable bonds is 14. The summed E-state index contributed by atoms with van der Waals surface area (Å²) in [5, 5.41) is 7.37. The summed E-state index contributed by atoms with van der Waals surface area (Å²) in [5.41, 5.74) is 1.89. The number of nitrogens with one attached hydrogen (secondary N) is 2. The molecule has 0 aliphatic rings. The molecular weight excluding hydrogens is 440 g/mol. The lowest BCUT2D eigenvalue weighted by atomic mass is 10.2. The highest BCUT2D eigenvalue weighted by Gasteiger charge is 2.09. The number of benzene rings is 2. The molecule has 0 fully saturated rings. The summed E-state index contributed by atoms with van der Waals surface area (Å²) >= 11 is 0. The fourth-order valence-electron chi connectivity index (χ4n) is 2.99. The van der Waals surface area contributed by atoms with Crippen LogP contribution in [0.1, 0.15) is 5.56 Å². The van der Waals surface area contributed by atoms with Crippen LogP contribution in [-0.4, -0.2) is 69.9 Å². The van der Waals surface area contributed by atoms with E-state index in [1.165, 1.54) is 0 Å². The minimum Gasteiger partial charge on any atom is -0.497 e. The average molecular weight is 471 g/mol. The second-order valence-electron chi connectivity index (χ2n) is 7.09. The number of carbonyl (C=O) groups excluding carboxylic acids is 1. The Morgan fingerprint density at radius 2 is 1.62 bits per heavy atom. The van der Waals surface area contributed by atoms with Crippen molar-refractivity contribution in [3.63, 3.8) is 0 Å².